The summed E-state index contributed by atoms with van der Waals surface area (Å²) in [5.41, 5.74) is 16.8. The van der Waals surface area contributed by atoms with Gasteiger partial charge in [0.1, 0.15) is 24.2 Å². The molecule has 0 aromatic carbocycles. The van der Waals surface area contributed by atoms with Gasteiger partial charge in [-0.05, 0) is 43.6 Å². The molecule has 0 unspecified atom stereocenters. The molecule has 0 rings (SSSR count). The van der Waals surface area contributed by atoms with E-state index < -0.39 is 90.5 Å². The molecular weight excluding hydrogens is 600 g/mol. The summed E-state index contributed by atoms with van der Waals surface area (Å²) in [6.07, 6.45) is 2.21. The van der Waals surface area contributed by atoms with Crippen LogP contribution in [0.15, 0.2) is 0 Å². The van der Waals surface area contributed by atoms with Crippen LogP contribution in [0.4, 0.5) is 0 Å². The summed E-state index contributed by atoms with van der Waals surface area (Å²) in [5.74, 6) is -6.66. The van der Waals surface area contributed by atoms with E-state index in [0.717, 1.165) is 0 Å². The minimum absolute atomic E-state index is 0.126. The lowest BCUT2D eigenvalue weighted by Gasteiger charge is -2.30. The molecule has 0 aromatic rings. The minimum atomic E-state index is -1.50. The summed E-state index contributed by atoms with van der Waals surface area (Å²) in [7, 11) is 0. The van der Waals surface area contributed by atoms with Crippen LogP contribution in [0.3, 0.4) is 0 Å². The van der Waals surface area contributed by atoms with Gasteiger partial charge in [-0.3, -0.25) is 28.8 Å². The van der Waals surface area contributed by atoms with Crippen molar-refractivity contribution in [3.05, 3.63) is 0 Å². The third-order valence-corrected chi connectivity index (χ3v) is 8.19. The van der Waals surface area contributed by atoms with Gasteiger partial charge in [0, 0.05) is 0 Å². The average molecular weight is 657 g/mol. The number of hydrogen-bond donors (Lipinski definition) is 9. The van der Waals surface area contributed by atoms with Crippen LogP contribution < -0.4 is 43.8 Å². The topological polar surface area (TPSA) is 278 Å². The molecule has 0 spiro atoms. The Hall–Kier alpha value is -3.79. The first-order chi connectivity index (χ1) is 21.5. The van der Waals surface area contributed by atoms with Crippen LogP contribution in [0.2, 0.25) is 0 Å². The second-order valence-electron chi connectivity index (χ2n) is 11.8. The molecule has 0 saturated carbocycles. The van der Waals surface area contributed by atoms with E-state index in [0.29, 0.717) is 38.6 Å². The largest absolute Gasteiger partial charge is 0.480 e. The summed E-state index contributed by atoms with van der Waals surface area (Å²) in [6.45, 7) is 10.6. The molecule has 0 fully saturated rings. The number of carbonyl (C=O) groups is 7. The maximum atomic E-state index is 13.5. The van der Waals surface area contributed by atoms with Crippen LogP contribution in [0.25, 0.3) is 0 Å². The Bertz CT molecular complexity index is 1040. The summed E-state index contributed by atoms with van der Waals surface area (Å²) >= 11 is 0. The molecule has 0 aliphatic rings. The number of rotatable bonds is 23. The molecule has 0 saturated heterocycles. The number of nitrogens with one attached hydrogen (secondary N) is 5. The summed E-state index contributed by atoms with van der Waals surface area (Å²) in [4.78, 5) is 88.3. The van der Waals surface area contributed by atoms with Crippen LogP contribution in [-0.2, 0) is 33.6 Å². The van der Waals surface area contributed by atoms with E-state index >= 15 is 0 Å². The van der Waals surface area contributed by atoms with E-state index in [2.05, 4.69) is 26.6 Å². The highest BCUT2D eigenvalue weighted by Crippen LogP contribution is 2.14. The predicted octanol–water partition coefficient (Wildman–Crippen LogP) is -1.40. The Morgan fingerprint density at radius 2 is 1.17 bits per heavy atom. The second-order valence-corrected chi connectivity index (χ2v) is 11.8. The average Bonchev–Trinajstić information content (AvgIpc) is 3.01. The SMILES string of the molecule is CC[C@H](C)[C@H](N)C(=O)N[C@H](C(=O)N[C@H](C(=O)N[C@@H](CC(N)=O)C(=O)NCC(=O)N[C@@H](CCCCN)C(=O)O)[C@@H](C)CC)[C@@H](C)CC. The van der Waals surface area contributed by atoms with E-state index in [1.54, 1.807) is 20.8 Å². The van der Waals surface area contributed by atoms with Gasteiger partial charge in [0.15, 0.2) is 0 Å². The second kappa shape index (κ2) is 21.9. The molecular formula is C30H56N8O8. The van der Waals surface area contributed by atoms with Gasteiger partial charge in [-0.2, -0.15) is 0 Å². The maximum absolute atomic E-state index is 13.5. The number of unbranched alkanes of at least 4 members (excludes halogenated alkanes) is 1. The molecule has 0 heterocycles. The fourth-order valence-corrected chi connectivity index (χ4v) is 4.37. The highest BCUT2D eigenvalue weighted by atomic mass is 16.4. The Kier molecular flexibility index (Phi) is 20.1. The van der Waals surface area contributed by atoms with Crippen LogP contribution in [-0.4, -0.2) is 89.8 Å². The van der Waals surface area contributed by atoms with Gasteiger partial charge in [-0.25, -0.2) is 4.79 Å². The molecule has 0 radical (unpaired) electrons. The number of primary amides is 1. The Labute approximate surface area is 271 Å². The van der Waals surface area contributed by atoms with Gasteiger partial charge in [-0.15, -0.1) is 0 Å². The van der Waals surface area contributed by atoms with Gasteiger partial charge in [0.05, 0.1) is 19.0 Å². The fourth-order valence-electron chi connectivity index (χ4n) is 4.37. The van der Waals surface area contributed by atoms with E-state index in [-0.39, 0.29) is 18.3 Å². The smallest absolute Gasteiger partial charge is 0.326 e. The Balaban J connectivity index is 5.76. The predicted molar refractivity (Wildman–Crippen MR) is 171 cm³/mol. The number of hydrogen-bond acceptors (Lipinski definition) is 9. The zero-order chi connectivity index (χ0) is 35.6. The van der Waals surface area contributed by atoms with Crippen LogP contribution in [0, 0.1) is 17.8 Å². The quantitative estimate of drug-likeness (QED) is 0.0580. The summed E-state index contributed by atoms with van der Waals surface area (Å²) < 4.78 is 0. The first-order valence-electron chi connectivity index (χ1n) is 16.0. The highest BCUT2D eigenvalue weighted by Gasteiger charge is 2.35. The summed E-state index contributed by atoms with van der Waals surface area (Å²) in [6, 6.07) is -5.69. The van der Waals surface area contributed by atoms with Crippen molar-refractivity contribution >= 4 is 41.4 Å². The minimum Gasteiger partial charge on any atom is -0.480 e. The lowest BCUT2D eigenvalue weighted by molar-refractivity contribution is -0.142. The molecule has 0 aliphatic carbocycles. The molecule has 8 atom stereocenters. The molecule has 16 heteroatoms. The van der Waals surface area contributed by atoms with Gasteiger partial charge in [0.25, 0.3) is 0 Å². The number of carbonyl (C=O) groups excluding carboxylic acids is 6. The van der Waals surface area contributed by atoms with Crippen molar-refractivity contribution in [3.63, 3.8) is 0 Å². The van der Waals surface area contributed by atoms with Crippen molar-refractivity contribution in [1.82, 2.24) is 26.6 Å². The zero-order valence-corrected chi connectivity index (χ0v) is 28.0. The van der Waals surface area contributed by atoms with E-state index in [1.807, 2.05) is 20.8 Å². The molecule has 0 aromatic heterocycles. The number of nitrogens with two attached hydrogens (primary N) is 3. The molecule has 16 nitrogen and oxygen atoms in total. The van der Waals surface area contributed by atoms with Crippen molar-refractivity contribution in [3.8, 4) is 0 Å². The van der Waals surface area contributed by atoms with E-state index in [4.69, 9.17) is 17.2 Å². The van der Waals surface area contributed by atoms with Crippen LogP contribution >= 0.6 is 0 Å². The van der Waals surface area contributed by atoms with E-state index in [9.17, 15) is 38.7 Å². The molecule has 0 bridgehead atoms. The number of aliphatic carboxylic acids is 1. The number of amides is 6. The van der Waals surface area contributed by atoms with Crippen molar-refractivity contribution in [1.29, 1.82) is 0 Å². The lowest BCUT2D eigenvalue weighted by atomic mass is 9.93. The zero-order valence-electron chi connectivity index (χ0n) is 28.0. The fraction of sp³-hybridized carbons (Fsp3) is 0.767. The van der Waals surface area contributed by atoms with E-state index in [1.165, 1.54) is 0 Å². The molecule has 264 valence electrons. The lowest BCUT2D eigenvalue weighted by Crippen LogP contribution is -2.61. The highest BCUT2D eigenvalue weighted by molar-refractivity contribution is 5.97. The van der Waals surface area contributed by atoms with Gasteiger partial charge >= 0.3 is 5.97 Å². The van der Waals surface area contributed by atoms with Crippen molar-refractivity contribution < 1.29 is 38.7 Å². The normalized spacial score (nSPS) is 16.3. The van der Waals surface area contributed by atoms with Crippen LogP contribution in [0.1, 0.15) is 86.5 Å². The van der Waals surface area contributed by atoms with Crippen molar-refractivity contribution in [2.45, 2.75) is 117 Å². The third-order valence-electron chi connectivity index (χ3n) is 8.19. The van der Waals surface area contributed by atoms with Crippen LogP contribution in [0.5, 0.6) is 0 Å². The monoisotopic (exact) mass is 656 g/mol. The molecule has 12 N–H and O–H groups in total. The van der Waals surface area contributed by atoms with Crippen molar-refractivity contribution in [2.75, 3.05) is 13.1 Å². The first kappa shape index (κ1) is 42.2. The first-order valence-corrected chi connectivity index (χ1v) is 16.0. The maximum Gasteiger partial charge on any atom is 0.326 e. The molecule has 0 aliphatic heterocycles. The van der Waals surface area contributed by atoms with Gasteiger partial charge < -0.3 is 48.9 Å². The van der Waals surface area contributed by atoms with Gasteiger partial charge in [0.2, 0.25) is 35.4 Å². The number of carboxylic acid groups (broad SMARTS) is 1. The van der Waals surface area contributed by atoms with Crippen molar-refractivity contribution in [2.24, 2.45) is 35.0 Å². The Morgan fingerprint density at radius 3 is 1.63 bits per heavy atom. The Morgan fingerprint density at radius 1 is 0.674 bits per heavy atom. The third kappa shape index (κ3) is 15.0. The molecule has 46 heavy (non-hydrogen) atoms. The molecule has 6 amide bonds. The number of carboxylic acids is 1. The van der Waals surface area contributed by atoms with Gasteiger partial charge in [-0.1, -0.05) is 60.8 Å². The summed E-state index contributed by atoms with van der Waals surface area (Å²) in [5, 5.41) is 21.8. The standard InChI is InChI=1S/C30H56N8O8/c1-7-16(4)23(33)27(42)37-25(18(6)9-3)29(44)38-24(17(5)8-2)28(43)36-20(14-21(32)39)26(41)34-15-22(40)35-19(30(45)46)12-10-11-13-31/h16-20,23-25H,7-15,31,33H2,1-6H3,(H2,32,39)(H,34,41)(H,35,40)(H,36,43)(H,37,42)(H,38,44)(H,45,46)/t16-,17-,18-,19-,20-,23-,24-,25-/m0/s1.